The minimum absolute atomic E-state index is 0. The van der Waals surface area contributed by atoms with Crippen molar-refractivity contribution in [1.29, 1.82) is 0 Å². The maximum Gasteiger partial charge on any atom is 0.239 e. The Labute approximate surface area is 138 Å². The van der Waals surface area contributed by atoms with Crippen molar-refractivity contribution in [2.75, 3.05) is 31.5 Å². The molecule has 1 aliphatic heterocycles. The largest absolute Gasteiger partial charge is 0.314 e. The van der Waals surface area contributed by atoms with Gasteiger partial charge >= 0.3 is 0 Å². The van der Waals surface area contributed by atoms with Crippen molar-refractivity contribution in [3.63, 3.8) is 0 Å². The molecular weight excluding hydrogens is 313 g/mol. The zero-order valence-corrected chi connectivity index (χ0v) is 14.2. The topological polar surface area (TPSA) is 62.2 Å². The van der Waals surface area contributed by atoms with Crippen LogP contribution in [-0.2, 0) is 11.3 Å². The van der Waals surface area contributed by atoms with Gasteiger partial charge in [-0.1, -0.05) is 6.92 Å². The van der Waals surface area contributed by atoms with Crippen LogP contribution >= 0.6 is 24.8 Å². The molecule has 1 fully saturated rings. The average molecular weight is 338 g/mol. The highest BCUT2D eigenvalue weighted by molar-refractivity contribution is 5.91. The first kappa shape index (κ1) is 20.2. The fourth-order valence-electron chi connectivity index (χ4n) is 2.31. The van der Waals surface area contributed by atoms with Gasteiger partial charge in [0.05, 0.1) is 12.7 Å². The molecule has 2 N–H and O–H groups in total. The van der Waals surface area contributed by atoms with Gasteiger partial charge in [-0.2, -0.15) is 5.10 Å². The third-order valence-corrected chi connectivity index (χ3v) is 3.41. The summed E-state index contributed by atoms with van der Waals surface area (Å²) in [4.78, 5) is 14.3. The van der Waals surface area contributed by atoms with Gasteiger partial charge in [0.1, 0.15) is 5.82 Å². The van der Waals surface area contributed by atoms with E-state index >= 15 is 0 Å². The highest BCUT2D eigenvalue weighted by atomic mass is 35.5. The zero-order chi connectivity index (χ0) is 13.7. The minimum atomic E-state index is 0. The molecule has 0 spiro atoms. The second kappa shape index (κ2) is 10.00. The summed E-state index contributed by atoms with van der Waals surface area (Å²) in [6, 6.07) is 2.24. The lowest BCUT2D eigenvalue weighted by Gasteiger charge is -2.33. The van der Waals surface area contributed by atoms with Gasteiger partial charge in [0.15, 0.2) is 0 Å². The predicted molar refractivity (Wildman–Crippen MR) is 89.5 cm³/mol. The molecule has 0 unspecified atom stereocenters. The number of carbonyl (C=O) groups is 1. The van der Waals surface area contributed by atoms with Crippen LogP contribution in [0.25, 0.3) is 0 Å². The molecule has 0 aromatic carbocycles. The molecule has 1 aliphatic rings. The SMILES string of the molecule is CCCn1nccc1NC(=O)CN1CCNC[C@H]1C.Cl.Cl. The maximum atomic E-state index is 12.1. The molecule has 1 amide bonds. The van der Waals surface area contributed by atoms with Crippen molar-refractivity contribution in [2.24, 2.45) is 0 Å². The monoisotopic (exact) mass is 337 g/mol. The highest BCUT2D eigenvalue weighted by Crippen LogP contribution is 2.08. The molecule has 1 atom stereocenters. The van der Waals surface area contributed by atoms with E-state index < -0.39 is 0 Å². The van der Waals surface area contributed by atoms with Gasteiger partial charge in [-0.3, -0.25) is 9.69 Å². The van der Waals surface area contributed by atoms with Gasteiger partial charge in [-0.25, -0.2) is 4.68 Å². The smallest absolute Gasteiger partial charge is 0.239 e. The van der Waals surface area contributed by atoms with Gasteiger partial charge in [-0.15, -0.1) is 24.8 Å². The summed E-state index contributed by atoms with van der Waals surface area (Å²) in [5, 5.41) is 10.5. The Morgan fingerprint density at radius 1 is 1.52 bits per heavy atom. The van der Waals surface area contributed by atoms with Gasteiger partial charge in [0, 0.05) is 38.3 Å². The van der Waals surface area contributed by atoms with Crippen molar-refractivity contribution in [3.05, 3.63) is 12.3 Å². The van der Waals surface area contributed by atoms with Crippen LogP contribution in [0.5, 0.6) is 0 Å². The van der Waals surface area contributed by atoms with Crippen LogP contribution in [0.4, 0.5) is 5.82 Å². The summed E-state index contributed by atoms with van der Waals surface area (Å²) in [6.45, 7) is 8.32. The Hall–Kier alpha value is -0.820. The van der Waals surface area contributed by atoms with Gasteiger partial charge in [0.25, 0.3) is 0 Å². The number of anilines is 1. The average Bonchev–Trinajstić information content (AvgIpc) is 2.80. The highest BCUT2D eigenvalue weighted by Gasteiger charge is 2.20. The number of nitrogens with zero attached hydrogens (tertiary/aromatic N) is 3. The van der Waals surface area contributed by atoms with E-state index in [1.54, 1.807) is 6.20 Å². The fraction of sp³-hybridized carbons (Fsp3) is 0.692. The zero-order valence-electron chi connectivity index (χ0n) is 12.5. The number of hydrogen-bond acceptors (Lipinski definition) is 4. The third kappa shape index (κ3) is 5.82. The van der Waals surface area contributed by atoms with Crippen LogP contribution in [0.15, 0.2) is 12.3 Å². The molecule has 21 heavy (non-hydrogen) atoms. The van der Waals surface area contributed by atoms with Crippen LogP contribution in [0.2, 0.25) is 0 Å². The molecule has 0 radical (unpaired) electrons. The molecule has 1 aromatic heterocycles. The number of nitrogens with one attached hydrogen (secondary N) is 2. The summed E-state index contributed by atoms with van der Waals surface area (Å²) in [6.07, 6.45) is 2.72. The number of aromatic nitrogens is 2. The van der Waals surface area contributed by atoms with E-state index in [9.17, 15) is 4.79 Å². The quantitative estimate of drug-likeness (QED) is 0.851. The van der Waals surface area contributed by atoms with E-state index in [4.69, 9.17) is 0 Å². The van der Waals surface area contributed by atoms with Gasteiger partial charge < -0.3 is 10.6 Å². The summed E-state index contributed by atoms with van der Waals surface area (Å²) in [7, 11) is 0. The van der Waals surface area contributed by atoms with Gasteiger partial charge in [0.2, 0.25) is 5.91 Å². The summed E-state index contributed by atoms with van der Waals surface area (Å²) >= 11 is 0. The van der Waals surface area contributed by atoms with Crippen molar-refractivity contribution in [1.82, 2.24) is 20.0 Å². The lowest BCUT2D eigenvalue weighted by atomic mass is 10.2. The Morgan fingerprint density at radius 2 is 2.29 bits per heavy atom. The van der Waals surface area contributed by atoms with E-state index in [-0.39, 0.29) is 30.7 Å². The molecule has 1 saturated heterocycles. The first-order valence-electron chi connectivity index (χ1n) is 6.97. The van der Waals surface area contributed by atoms with E-state index in [0.717, 1.165) is 38.4 Å². The fourth-order valence-corrected chi connectivity index (χ4v) is 2.31. The van der Waals surface area contributed by atoms with E-state index in [0.29, 0.717) is 12.6 Å². The van der Waals surface area contributed by atoms with E-state index in [1.807, 2.05) is 10.7 Å². The van der Waals surface area contributed by atoms with Gasteiger partial charge in [-0.05, 0) is 13.3 Å². The lowest BCUT2D eigenvalue weighted by Crippen LogP contribution is -2.52. The molecule has 0 bridgehead atoms. The molecule has 1 aromatic rings. The lowest BCUT2D eigenvalue weighted by molar-refractivity contribution is -0.118. The number of hydrogen-bond donors (Lipinski definition) is 2. The Morgan fingerprint density at radius 3 is 2.95 bits per heavy atom. The molecule has 122 valence electrons. The van der Waals surface area contributed by atoms with Crippen molar-refractivity contribution in [3.8, 4) is 0 Å². The van der Waals surface area contributed by atoms with Crippen molar-refractivity contribution < 1.29 is 4.79 Å². The Bertz CT molecular complexity index is 426. The molecule has 8 heteroatoms. The molecule has 0 aliphatic carbocycles. The van der Waals surface area contributed by atoms with Crippen LogP contribution < -0.4 is 10.6 Å². The van der Waals surface area contributed by atoms with Crippen LogP contribution in [0, 0.1) is 0 Å². The summed E-state index contributed by atoms with van der Waals surface area (Å²) < 4.78 is 1.83. The van der Waals surface area contributed by atoms with Crippen LogP contribution in [0.3, 0.4) is 0 Å². The predicted octanol–water partition coefficient (Wildman–Crippen LogP) is 1.37. The summed E-state index contributed by atoms with van der Waals surface area (Å²) in [5.74, 6) is 0.821. The second-order valence-electron chi connectivity index (χ2n) is 5.01. The number of halogens is 2. The summed E-state index contributed by atoms with van der Waals surface area (Å²) in [5.41, 5.74) is 0. The third-order valence-electron chi connectivity index (χ3n) is 3.41. The Balaban J connectivity index is 0.00000200. The second-order valence-corrected chi connectivity index (χ2v) is 5.01. The number of amides is 1. The Kier molecular flexibility index (Phi) is 9.61. The number of rotatable bonds is 5. The first-order chi connectivity index (χ1) is 9.20. The van der Waals surface area contributed by atoms with Crippen molar-refractivity contribution in [2.45, 2.75) is 32.9 Å². The molecule has 0 saturated carbocycles. The van der Waals surface area contributed by atoms with E-state index in [2.05, 4.69) is 34.5 Å². The molecule has 2 heterocycles. The minimum Gasteiger partial charge on any atom is -0.314 e. The van der Waals surface area contributed by atoms with Crippen LogP contribution in [0.1, 0.15) is 20.3 Å². The first-order valence-corrected chi connectivity index (χ1v) is 6.97. The standard InChI is InChI=1S/C13H23N5O.2ClH/c1-3-7-18-12(4-5-15-18)16-13(19)10-17-8-6-14-9-11(17)2;;/h4-5,11,14H,3,6-10H2,1-2H3,(H,16,19);2*1H/t11-;;/m1../s1. The molecule has 2 rings (SSSR count). The maximum absolute atomic E-state index is 12.1. The van der Waals surface area contributed by atoms with Crippen LogP contribution in [-0.4, -0.2) is 52.8 Å². The number of piperazine rings is 1. The van der Waals surface area contributed by atoms with Crippen molar-refractivity contribution >= 4 is 36.5 Å². The molecular formula is C13H25Cl2N5O. The molecule has 6 nitrogen and oxygen atoms in total. The normalized spacial score (nSPS) is 18.5. The van der Waals surface area contributed by atoms with E-state index in [1.165, 1.54) is 0 Å². The number of aryl methyl sites for hydroxylation is 1. The number of carbonyl (C=O) groups excluding carboxylic acids is 1.